The number of rotatable bonds is 4. The minimum atomic E-state index is 0.736. The third-order valence-electron chi connectivity index (χ3n) is 5.71. The van der Waals surface area contributed by atoms with Crippen LogP contribution in [-0.4, -0.2) is 4.40 Å². The summed E-state index contributed by atoms with van der Waals surface area (Å²) in [7, 11) is 0. The van der Waals surface area contributed by atoms with Gasteiger partial charge in [0.05, 0.1) is 16.7 Å². The van der Waals surface area contributed by atoms with Crippen molar-refractivity contribution < 1.29 is 0 Å². The highest BCUT2D eigenvalue weighted by atomic mass is 35.5. The summed E-state index contributed by atoms with van der Waals surface area (Å²) in [6, 6.07) is 27.6. The van der Waals surface area contributed by atoms with E-state index in [1.54, 1.807) is 0 Å². The van der Waals surface area contributed by atoms with Gasteiger partial charge in [0.1, 0.15) is 0 Å². The molecule has 5 aromatic rings. The van der Waals surface area contributed by atoms with Gasteiger partial charge in [-0.1, -0.05) is 97.1 Å². The fraction of sp³-hybridized carbons (Fsp3) is 0.0345. The molecule has 31 heavy (non-hydrogen) atoms. The van der Waals surface area contributed by atoms with E-state index in [9.17, 15) is 0 Å². The van der Waals surface area contributed by atoms with Crippen molar-refractivity contribution in [2.75, 3.05) is 0 Å². The van der Waals surface area contributed by atoms with Crippen LogP contribution in [-0.2, 0) is 0 Å². The SMILES string of the molecule is C=C/C=C(\C=C/C)c1c(-c2ccc(Cl)cc2)cc2c3ccccc3c3ccccc3n12. The van der Waals surface area contributed by atoms with E-state index in [4.69, 9.17) is 11.6 Å². The molecule has 0 N–H and O–H groups in total. The number of allylic oxidation sites excluding steroid dienone is 5. The second kappa shape index (κ2) is 7.94. The van der Waals surface area contributed by atoms with Crippen LogP contribution in [0.25, 0.3) is 43.9 Å². The summed E-state index contributed by atoms with van der Waals surface area (Å²) in [5.41, 5.74) is 6.94. The first-order chi connectivity index (χ1) is 15.2. The third-order valence-corrected chi connectivity index (χ3v) is 5.96. The van der Waals surface area contributed by atoms with Crippen molar-refractivity contribution in [3.8, 4) is 11.1 Å². The third kappa shape index (κ3) is 3.19. The topological polar surface area (TPSA) is 4.41 Å². The van der Waals surface area contributed by atoms with E-state index in [0.29, 0.717) is 0 Å². The van der Waals surface area contributed by atoms with Gasteiger partial charge in [0.2, 0.25) is 0 Å². The number of hydrogen-bond donors (Lipinski definition) is 0. The van der Waals surface area contributed by atoms with Gasteiger partial charge in [-0.05, 0) is 47.7 Å². The lowest BCUT2D eigenvalue weighted by atomic mass is 10.0. The van der Waals surface area contributed by atoms with Gasteiger partial charge in [0.25, 0.3) is 0 Å². The van der Waals surface area contributed by atoms with Crippen molar-refractivity contribution in [3.05, 3.63) is 120 Å². The highest BCUT2D eigenvalue weighted by Gasteiger charge is 2.19. The molecule has 0 saturated carbocycles. The van der Waals surface area contributed by atoms with Gasteiger partial charge >= 0.3 is 0 Å². The summed E-state index contributed by atoms with van der Waals surface area (Å²) in [6.07, 6.45) is 8.14. The van der Waals surface area contributed by atoms with Crippen LogP contribution in [0.4, 0.5) is 0 Å². The Morgan fingerprint density at radius 1 is 0.839 bits per heavy atom. The predicted octanol–water partition coefficient (Wildman–Crippen LogP) is 8.71. The standard InChI is InChI=1S/C29H22ClN/c1-3-9-21(10-4-2)29-26(20-15-17-22(30)18-16-20)19-28-25-13-6-5-11-23(25)24-12-7-8-14-27(24)31(28)29/h3-19H,1H2,2H3/b10-4-,21-9+. The zero-order chi connectivity index (χ0) is 21.4. The van der Waals surface area contributed by atoms with Crippen LogP contribution in [0.2, 0.25) is 5.02 Å². The molecule has 0 fully saturated rings. The zero-order valence-electron chi connectivity index (χ0n) is 17.3. The summed E-state index contributed by atoms with van der Waals surface area (Å²) in [4.78, 5) is 0. The molecular formula is C29H22ClN. The minimum Gasteiger partial charge on any atom is -0.308 e. The fourth-order valence-corrected chi connectivity index (χ4v) is 4.58. The van der Waals surface area contributed by atoms with E-state index in [1.165, 1.54) is 32.8 Å². The van der Waals surface area contributed by atoms with Crippen LogP contribution < -0.4 is 0 Å². The molecular weight excluding hydrogens is 398 g/mol. The first-order valence-electron chi connectivity index (χ1n) is 10.4. The molecule has 3 aromatic carbocycles. The Labute approximate surface area is 187 Å². The van der Waals surface area contributed by atoms with Crippen LogP contribution in [0, 0.1) is 0 Å². The monoisotopic (exact) mass is 419 g/mol. The van der Waals surface area contributed by atoms with Gasteiger partial charge < -0.3 is 4.40 Å². The van der Waals surface area contributed by atoms with Gasteiger partial charge in [-0.2, -0.15) is 0 Å². The number of nitrogens with zero attached hydrogens (tertiary/aromatic N) is 1. The van der Waals surface area contributed by atoms with Crippen molar-refractivity contribution in [1.82, 2.24) is 4.40 Å². The Morgan fingerprint density at radius 3 is 2.16 bits per heavy atom. The van der Waals surface area contributed by atoms with E-state index in [0.717, 1.165) is 21.9 Å². The summed E-state index contributed by atoms with van der Waals surface area (Å²) >= 11 is 6.19. The average molecular weight is 420 g/mol. The first-order valence-corrected chi connectivity index (χ1v) is 10.8. The van der Waals surface area contributed by atoms with Crippen molar-refractivity contribution in [2.24, 2.45) is 0 Å². The Hall–Kier alpha value is -3.55. The lowest BCUT2D eigenvalue weighted by Gasteiger charge is -2.13. The maximum absolute atomic E-state index is 6.19. The number of halogens is 1. The molecule has 2 heteroatoms. The Morgan fingerprint density at radius 2 is 1.48 bits per heavy atom. The van der Waals surface area contributed by atoms with Crippen molar-refractivity contribution >= 4 is 44.4 Å². The normalized spacial score (nSPS) is 12.4. The average Bonchev–Trinajstić information content (AvgIpc) is 3.20. The summed E-state index contributed by atoms with van der Waals surface area (Å²) in [5, 5.41) is 4.47. The van der Waals surface area contributed by atoms with Gasteiger partial charge in [0, 0.05) is 21.4 Å². The Bertz CT molecular complexity index is 1500. The molecule has 0 aliphatic carbocycles. The lowest BCUT2D eigenvalue weighted by molar-refractivity contribution is 1.24. The first kappa shape index (κ1) is 19.4. The highest BCUT2D eigenvalue weighted by Crippen LogP contribution is 2.39. The summed E-state index contributed by atoms with van der Waals surface area (Å²) in [6.45, 7) is 6.01. The largest absolute Gasteiger partial charge is 0.308 e. The molecule has 0 aliphatic rings. The number of benzene rings is 3. The zero-order valence-corrected chi connectivity index (χ0v) is 18.1. The van der Waals surface area contributed by atoms with E-state index in [-0.39, 0.29) is 0 Å². The van der Waals surface area contributed by atoms with Gasteiger partial charge in [0.15, 0.2) is 0 Å². The van der Waals surface area contributed by atoms with Crippen molar-refractivity contribution in [3.63, 3.8) is 0 Å². The number of hydrogen-bond acceptors (Lipinski definition) is 0. The molecule has 150 valence electrons. The molecule has 0 atom stereocenters. The molecule has 0 amide bonds. The second-order valence-electron chi connectivity index (χ2n) is 7.55. The minimum absolute atomic E-state index is 0.736. The van der Waals surface area contributed by atoms with Crippen LogP contribution in [0.3, 0.4) is 0 Å². The lowest BCUT2D eigenvalue weighted by Crippen LogP contribution is -1.96. The number of aromatic nitrogens is 1. The van der Waals surface area contributed by atoms with Crippen molar-refractivity contribution in [1.29, 1.82) is 0 Å². The number of fused-ring (bicyclic) bond motifs is 6. The molecule has 0 aliphatic heterocycles. The van der Waals surface area contributed by atoms with Gasteiger partial charge in [-0.3, -0.25) is 0 Å². The molecule has 0 unspecified atom stereocenters. The number of para-hydroxylation sites is 1. The maximum Gasteiger partial charge on any atom is 0.0613 e. The highest BCUT2D eigenvalue weighted by molar-refractivity contribution is 6.30. The molecule has 0 bridgehead atoms. The van der Waals surface area contributed by atoms with Crippen LogP contribution in [0.1, 0.15) is 12.6 Å². The molecule has 2 aromatic heterocycles. The molecule has 0 saturated heterocycles. The van der Waals surface area contributed by atoms with E-state index in [2.05, 4.69) is 95.9 Å². The van der Waals surface area contributed by atoms with E-state index < -0.39 is 0 Å². The number of pyridine rings is 1. The smallest absolute Gasteiger partial charge is 0.0613 e. The maximum atomic E-state index is 6.19. The van der Waals surface area contributed by atoms with Gasteiger partial charge in [-0.15, -0.1) is 0 Å². The van der Waals surface area contributed by atoms with Gasteiger partial charge in [-0.25, -0.2) is 0 Å². The summed E-state index contributed by atoms with van der Waals surface area (Å²) < 4.78 is 2.39. The Kier molecular flexibility index (Phi) is 4.97. The Balaban J connectivity index is 2.04. The predicted molar refractivity (Wildman–Crippen MR) is 136 cm³/mol. The van der Waals surface area contributed by atoms with Crippen molar-refractivity contribution in [2.45, 2.75) is 6.92 Å². The van der Waals surface area contributed by atoms with E-state index in [1.807, 2.05) is 25.1 Å². The molecule has 5 rings (SSSR count). The van der Waals surface area contributed by atoms with E-state index >= 15 is 0 Å². The fourth-order valence-electron chi connectivity index (χ4n) is 4.45. The van der Waals surface area contributed by atoms with Crippen LogP contribution >= 0.6 is 11.6 Å². The summed E-state index contributed by atoms with van der Waals surface area (Å²) in [5.74, 6) is 0. The van der Waals surface area contributed by atoms with Crippen LogP contribution in [0.5, 0.6) is 0 Å². The molecule has 0 spiro atoms. The molecule has 2 heterocycles. The molecule has 1 nitrogen and oxygen atoms in total. The quantitative estimate of drug-likeness (QED) is 0.202. The molecule has 0 radical (unpaired) electrons. The second-order valence-corrected chi connectivity index (χ2v) is 7.99. The van der Waals surface area contributed by atoms with Crippen LogP contribution in [0.15, 0.2) is 110 Å².